The molecule has 1 N–H and O–H groups in total. The Morgan fingerprint density at radius 2 is 2.25 bits per heavy atom. The van der Waals surface area contributed by atoms with Gasteiger partial charge in [0.1, 0.15) is 0 Å². The molecule has 0 unspecified atom stereocenters. The maximum absolute atomic E-state index is 9.78. The minimum absolute atomic E-state index is 0.276. The Labute approximate surface area is 47.1 Å². The van der Waals surface area contributed by atoms with Gasteiger partial charge >= 0.3 is 46.1 Å². The minimum atomic E-state index is -1.20. The van der Waals surface area contributed by atoms with Gasteiger partial charge in [-0.05, 0) is 0 Å². The summed E-state index contributed by atoms with van der Waals surface area (Å²) in [5.74, 6) is -1.20. The molecule has 0 radical (unpaired) electrons. The number of aliphatic carboxylic acids is 1. The van der Waals surface area contributed by atoms with E-state index in [-0.39, 0.29) is 5.57 Å². The Hall–Kier alpha value is -0.780. The van der Waals surface area contributed by atoms with Crippen LogP contribution in [0.2, 0.25) is 0 Å². The van der Waals surface area contributed by atoms with E-state index in [9.17, 15) is 9.36 Å². The third kappa shape index (κ3) is 2.40. The normalized spacial score (nSPS) is 7.00. The van der Waals surface area contributed by atoms with E-state index in [1.54, 1.807) is 0 Å². The van der Waals surface area contributed by atoms with Gasteiger partial charge < -0.3 is 0 Å². The van der Waals surface area contributed by atoms with Crippen LogP contribution in [-0.4, -0.2) is 11.1 Å². The first kappa shape index (κ1) is 7.22. The van der Waals surface area contributed by atoms with Crippen LogP contribution >= 0.6 is 7.92 Å². The zero-order valence-corrected chi connectivity index (χ0v) is 4.81. The molecule has 0 amide bonds. The van der Waals surface area contributed by atoms with Crippen molar-refractivity contribution in [3.63, 3.8) is 0 Å². The third-order valence-electron chi connectivity index (χ3n) is 0.439. The number of hydrogen-bond acceptors (Lipinski definition) is 2. The molecule has 8 heavy (non-hydrogen) atoms. The molecule has 0 aromatic carbocycles. The molecule has 0 saturated heterocycles. The SMILES string of the molecule is C=C(C#P=O)C(=O)O. The van der Waals surface area contributed by atoms with Crippen LogP contribution in [0.1, 0.15) is 0 Å². The van der Waals surface area contributed by atoms with Crippen molar-refractivity contribution in [2.75, 3.05) is 0 Å². The van der Waals surface area contributed by atoms with Crippen molar-refractivity contribution in [2.24, 2.45) is 0 Å². The Morgan fingerprint density at radius 3 is 2.38 bits per heavy atom. The summed E-state index contributed by atoms with van der Waals surface area (Å²) < 4.78 is 9.58. The summed E-state index contributed by atoms with van der Waals surface area (Å²) in [5, 5.41) is 8.01. The van der Waals surface area contributed by atoms with Gasteiger partial charge in [-0.1, -0.05) is 0 Å². The maximum atomic E-state index is 9.78. The summed E-state index contributed by atoms with van der Waals surface area (Å²) in [6, 6.07) is 0. The second kappa shape index (κ2) is 3.25. The molecule has 0 bridgehead atoms. The van der Waals surface area contributed by atoms with Gasteiger partial charge in [-0.2, -0.15) is 0 Å². The van der Waals surface area contributed by atoms with E-state index in [2.05, 4.69) is 6.58 Å². The predicted molar refractivity (Wildman–Crippen MR) is 28.3 cm³/mol. The molecule has 0 spiro atoms. The summed E-state index contributed by atoms with van der Waals surface area (Å²) in [6.07, 6.45) is 0. The van der Waals surface area contributed by atoms with Crippen molar-refractivity contribution >= 4 is 13.9 Å². The molecule has 0 aliphatic heterocycles. The molecular weight excluding hydrogens is 127 g/mol. The van der Waals surface area contributed by atoms with E-state index < -0.39 is 13.9 Å². The van der Waals surface area contributed by atoms with Gasteiger partial charge in [0.15, 0.2) is 0 Å². The summed E-state index contributed by atoms with van der Waals surface area (Å²) >= 11 is 0. The van der Waals surface area contributed by atoms with Gasteiger partial charge in [-0.15, -0.1) is 0 Å². The summed E-state index contributed by atoms with van der Waals surface area (Å²) in [7, 11) is -0.446. The second-order valence-corrected chi connectivity index (χ2v) is 1.39. The first-order valence-electron chi connectivity index (χ1n) is 1.69. The first-order valence-corrected chi connectivity index (χ1v) is 2.50. The Morgan fingerprint density at radius 1 is 1.75 bits per heavy atom. The zero-order chi connectivity index (χ0) is 6.57. The Bertz CT molecular complexity index is 210. The van der Waals surface area contributed by atoms with Crippen LogP contribution < -0.4 is 0 Å². The van der Waals surface area contributed by atoms with E-state index in [4.69, 9.17) is 5.11 Å². The second-order valence-electron chi connectivity index (χ2n) is 0.987. The fourth-order valence-corrected chi connectivity index (χ4v) is 0.309. The van der Waals surface area contributed by atoms with Gasteiger partial charge in [0, 0.05) is 0 Å². The van der Waals surface area contributed by atoms with Crippen molar-refractivity contribution in [1.29, 1.82) is 0 Å². The number of hydrogen-bond donors (Lipinski definition) is 1. The quantitative estimate of drug-likeness (QED) is 0.423. The number of carboxylic acid groups (broad SMARTS) is 1. The summed E-state index contributed by atoms with van der Waals surface area (Å²) in [5.41, 5.74) is 1.69. The zero-order valence-electron chi connectivity index (χ0n) is 3.92. The Kier molecular flexibility index (Phi) is 2.93. The van der Waals surface area contributed by atoms with Crippen LogP contribution in [0.3, 0.4) is 0 Å². The molecule has 0 aromatic heterocycles. The van der Waals surface area contributed by atoms with Crippen LogP contribution in [0.4, 0.5) is 0 Å². The molecule has 0 heterocycles. The third-order valence-corrected chi connectivity index (χ3v) is 0.800. The fourth-order valence-electron chi connectivity index (χ4n) is 0.103. The number of carbonyl (C=O) groups is 1. The average Bonchev–Trinajstić information content (AvgIpc) is 1.67. The van der Waals surface area contributed by atoms with Crippen LogP contribution in [0.25, 0.3) is 0 Å². The van der Waals surface area contributed by atoms with E-state index in [1.807, 2.05) is 5.63 Å². The van der Waals surface area contributed by atoms with Crippen molar-refractivity contribution < 1.29 is 14.5 Å². The molecule has 0 saturated carbocycles. The molecule has 4 heteroatoms. The molecule has 42 valence electrons. The molecule has 0 fully saturated rings. The summed E-state index contributed by atoms with van der Waals surface area (Å²) in [6.45, 7) is 3.03. The molecule has 0 aliphatic rings. The molecular formula is C4H3O3P. The van der Waals surface area contributed by atoms with Crippen LogP contribution in [0.15, 0.2) is 12.2 Å². The number of rotatable bonds is 1. The van der Waals surface area contributed by atoms with Gasteiger partial charge in [-0.3, -0.25) is 0 Å². The molecule has 0 aromatic rings. The average molecular weight is 130 g/mol. The van der Waals surface area contributed by atoms with Gasteiger partial charge in [0.25, 0.3) is 0 Å². The van der Waals surface area contributed by atoms with E-state index in [0.717, 1.165) is 0 Å². The summed E-state index contributed by atoms with van der Waals surface area (Å²) in [4.78, 5) is 9.78. The van der Waals surface area contributed by atoms with Crippen LogP contribution in [0.5, 0.6) is 0 Å². The molecule has 0 rings (SSSR count). The van der Waals surface area contributed by atoms with Crippen molar-refractivity contribution in [3.8, 4) is 5.63 Å². The fraction of sp³-hybridized carbons (Fsp3) is 0. The van der Waals surface area contributed by atoms with Crippen molar-refractivity contribution in [3.05, 3.63) is 12.2 Å². The molecule has 0 aliphatic carbocycles. The van der Waals surface area contributed by atoms with Gasteiger partial charge in [0.05, 0.1) is 0 Å². The van der Waals surface area contributed by atoms with Gasteiger partial charge in [-0.25, -0.2) is 0 Å². The van der Waals surface area contributed by atoms with Crippen molar-refractivity contribution in [2.45, 2.75) is 0 Å². The van der Waals surface area contributed by atoms with Crippen LogP contribution in [0, 0.1) is 5.63 Å². The van der Waals surface area contributed by atoms with E-state index >= 15 is 0 Å². The van der Waals surface area contributed by atoms with E-state index in [1.165, 1.54) is 0 Å². The molecule has 0 atom stereocenters. The van der Waals surface area contributed by atoms with Crippen molar-refractivity contribution in [1.82, 2.24) is 0 Å². The standard InChI is InChI=1S/C4H3O3P/c1-3(2-8-7)4(5)6/h1H2,(H,5,6). The first-order chi connectivity index (χ1) is 3.68. The number of carboxylic acids is 1. The van der Waals surface area contributed by atoms with Crippen LogP contribution in [-0.2, 0) is 9.36 Å². The topological polar surface area (TPSA) is 54.4 Å². The van der Waals surface area contributed by atoms with E-state index in [0.29, 0.717) is 0 Å². The Balaban J connectivity index is 4.20. The monoisotopic (exact) mass is 130 g/mol. The predicted octanol–water partition coefficient (Wildman–Crippen LogP) is 0.878. The van der Waals surface area contributed by atoms with Gasteiger partial charge in [0.2, 0.25) is 0 Å². The molecule has 3 nitrogen and oxygen atoms in total.